The lowest BCUT2D eigenvalue weighted by Gasteiger charge is -2.16. The van der Waals surface area contributed by atoms with Crippen LogP contribution in [0.3, 0.4) is 0 Å². The minimum Gasteiger partial charge on any atom is -0.392 e. The van der Waals surface area contributed by atoms with Gasteiger partial charge in [0.15, 0.2) is 0 Å². The van der Waals surface area contributed by atoms with Crippen molar-refractivity contribution in [2.24, 2.45) is 0 Å². The molecule has 14 heavy (non-hydrogen) atoms. The van der Waals surface area contributed by atoms with Crippen LogP contribution in [0.4, 0.5) is 0 Å². The molecule has 1 fully saturated rings. The summed E-state index contributed by atoms with van der Waals surface area (Å²) in [7, 11) is 0. The van der Waals surface area contributed by atoms with Gasteiger partial charge in [-0.15, -0.1) is 0 Å². The molecule has 0 bridgehead atoms. The van der Waals surface area contributed by atoms with Gasteiger partial charge in [-0.3, -0.25) is 0 Å². The third kappa shape index (κ3) is 1.53. The van der Waals surface area contributed by atoms with E-state index in [-0.39, 0.29) is 12.1 Å². The van der Waals surface area contributed by atoms with Gasteiger partial charge in [0.25, 0.3) is 0 Å². The normalized spacial score (nSPS) is 17.5. The molecule has 1 aliphatic carbocycles. The van der Waals surface area contributed by atoms with E-state index in [1.165, 1.54) is 5.56 Å². The molecule has 0 heterocycles. The third-order valence-electron chi connectivity index (χ3n) is 2.82. The predicted octanol–water partition coefficient (Wildman–Crippen LogP) is 1.90. The lowest BCUT2D eigenvalue weighted by atomic mass is 10.0. The summed E-state index contributed by atoms with van der Waals surface area (Å²) in [5.41, 5.74) is 2.38. The standard InChI is InChI=1S/C12H15NO/c1-2-13-12(7-8-12)11-5-3-10(9-14)4-6-11/h2-6,13-14H,1,7-9H2. The van der Waals surface area contributed by atoms with Crippen molar-refractivity contribution in [3.05, 3.63) is 48.2 Å². The highest BCUT2D eigenvalue weighted by atomic mass is 16.3. The fraction of sp³-hybridized carbons (Fsp3) is 0.333. The van der Waals surface area contributed by atoms with Crippen LogP contribution >= 0.6 is 0 Å². The van der Waals surface area contributed by atoms with Crippen molar-refractivity contribution in [1.29, 1.82) is 0 Å². The number of rotatable bonds is 4. The largest absolute Gasteiger partial charge is 0.392 e. The smallest absolute Gasteiger partial charge is 0.0681 e. The first-order chi connectivity index (χ1) is 6.80. The molecular weight excluding hydrogens is 174 g/mol. The van der Waals surface area contributed by atoms with E-state index in [0.29, 0.717) is 0 Å². The Morgan fingerprint density at radius 1 is 1.36 bits per heavy atom. The van der Waals surface area contributed by atoms with Crippen molar-refractivity contribution < 1.29 is 5.11 Å². The zero-order valence-electron chi connectivity index (χ0n) is 8.16. The van der Waals surface area contributed by atoms with Crippen molar-refractivity contribution in [3.8, 4) is 0 Å². The summed E-state index contributed by atoms with van der Waals surface area (Å²) in [5.74, 6) is 0. The average Bonchev–Trinajstić information content (AvgIpc) is 3.00. The molecule has 2 heteroatoms. The summed E-state index contributed by atoms with van der Waals surface area (Å²) in [6, 6.07) is 8.10. The van der Waals surface area contributed by atoms with E-state index in [4.69, 9.17) is 5.11 Å². The Balaban J connectivity index is 2.20. The molecule has 74 valence electrons. The van der Waals surface area contributed by atoms with E-state index in [2.05, 4.69) is 24.0 Å². The van der Waals surface area contributed by atoms with Crippen molar-refractivity contribution >= 4 is 0 Å². The minimum atomic E-state index is 0.113. The summed E-state index contributed by atoms with van der Waals surface area (Å²) in [4.78, 5) is 0. The number of aliphatic hydroxyl groups is 1. The van der Waals surface area contributed by atoms with E-state index in [0.717, 1.165) is 18.4 Å². The molecule has 1 aliphatic rings. The van der Waals surface area contributed by atoms with Crippen molar-refractivity contribution in [2.75, 3.05) is 0 Å². The van der Waals surface area contributed by atoms with Crippen molar-refractivity contribution in [1.82, 2.24) is 5.32 Å². The summed E-state index contributed by atoms with van der Waals surface area (Å²) in [6.07, 6.45) is 4.09. The summed E-state index contributed by atoms with van der Waals surface area (Å²) in [5, 5.41) is 12.2. The molecule has 0 unspecified atom stereocenters. The van der Waals surface area contributed by atoms with Gasteiger partial charge in [0.1, 0.15) is 0 Å². The summed E-state index contributed by atoms with van der Waals surface area (Å²) in [6.45, 7) is 3.81. The van der Waals surface area contributed by atoms with Crippen LogP contribution in [0.2, 0.25) is 0 Å². The zero-order valence-corrected chi connectivity index (χ0v) is 8.16. The van der Waals surface area contributed by atoms with Crippen LogP contribution in [-0.4, -0.2) is 5.11 Å². The molecule has 0 spiro atoms. The van der Waals surface area contributed by atoms with E-state index in [1.807, 2.05) is 12.1 Å². The second kappa shape index (κ2) is 3.46. The summed E-state index contributed by atoms with van der Waals surface area (Å²) >= 11 is 0. The summed E-state index contributed by atoms with van der Waals surface area (Å²) < 4.78 is 0. The average molecular weight is 189 g/mol. The van der Waals surface area contributed by atoms with Gasteiger partial charge in [0, 0.05) is 0 Å². The fourth-order valence-corrected chi connectivity index (χ4v) is 1.77. The highest BCUT2D eigenvalue weighted by Crippen LogP contribution is 2.45. The van der Waals surface area contributed by atoms with Gasteiger partial charge in [0.05, 0.1) is 12.1 Å². The molecule has 1 aromatic carbocycles. The fourth-order valence-electron chi connectivity index (χ4n) is 1.77. The Bertz CT molecular complexity index is 325. The molecule has 0 radical (unpaired) electrons. The Labute approximate surface area is 84.3 Å². The highest BCUT2D eigenvalue weighted by molar-refractivity contribution is 5.33. The molecule has 2 N–H and O–H groups in total. The Morgan fingerprint density at radius 2 is 2.00 bits per heavy atom. The Morgan fingerprint density at radius 3 is 2.43 bits per heavy atom. The number of aliphatic hydroxyl groups excluding tert-OH is 1. The minimum absolute atomic E-state index is 0.113. The molecule has 1 aromatic rings. The van der Waals surface area contributed by atoms with Crippen LogP contribution in [-0.2, 0) is 12.1 Å². The number of nitrogens with one attached hydrogen (secondary N) is 1. The van der Waals surface area contributed by atoms with Crippen LogP contribution in [0.1, 0.15) is 24.0 Å². The zero-order chi connectivity index (χ0) is 10.0. The second-order valence-corrected chi connectivity index (χ2v) is 3.79. The number of benzene rings is 1. The maximum absolute atomic E-state index is 8.92. The van der Waals surface area contributed by atoms with Crippen LogP contribution in [0.25, 0.3) is 0 Å². The van der Waals surface area contributed by atoms with E-state index in [9.17, 15) is 0 Å². The van der Waals surface area contributed by atoms with Crippen molar-refractivity contribution in [3.63, 3.8) is 0 Å². The first-order valence-electron chi connectivity index (χ1n) is 4.90. The monoisotopic (exact) mass is 189 g/mol. The van der Waals surface area contributed by atoms with E-state index >= 15 is 0 Å². The van der Waals surface area contributed by atoms with Gasteiger partial charge in [-0.05, 0) is 30.2 Å². The molecule has 0 saturated heterocycles. The SMILES string of the molecule is C=CNC1(c2ccc(CO)cc2)CC1. The highest BCUT2D eigenvalue weighted by Gasteiger charge is 2.43. The van der Waals surface area contributed by atoms with Gasteiger partial charge < -0.3 is 10.4 Å². The number of hydrogen-bond donors (Lipinski definition) is 2. The molecule has 2 rings (SSSR count). The molecule has 0 aromatic heterocycles. The Hall–Kier alpha value is -1.28. The molecular formula is C12H15NO. The van der Waals surface area contributed by atoms with Crippen molar-refractivity contribution in [2.45, 2.75) is 25.0 Å². The molecule has 2 nitrogen and oxygen atoms in total. The van der Waals surface area contributed by atoms with Gasteiger partial charge in [-0.1, -0.05) is 30.8 Å². The maximum Gasteiger partial charge on any atom is 0.0681 e. The van der Waals surface area contributed by atoms with Gasteiger partial charge in [-0.2, -0.15) is 0 Å². The first-order valence-corrected chi connectivity index (χ1v) is 4.90. The topological polar surface area (TPSA) is 32.3 Å². The van der Waals surface area contributed by atoms with E-state index in [1.54, 1.807) is 6.20 Å². The lowest BCUT2D eigenvalue weighted by Crippen LogP contribution is -2.23. The molecule has 0 amide bonds. The Kier molecular flexibility index (Phi) is 2.30. The quantitative estimate of drug-likeness (QED) is 0.758. The van der Waals surface area contributed by atoms with E-state index < -0.39 is 0 Å². The van der Waals surface area contributed by atoms with Gasteiger partial charge in [0.2, 0.25) is 0 Å². The van der Waals surface area contributed by atoms with Gasteiger partial charge >= 0.3 is 0 Å². The van der Waals surface area contributed by atoms with Gasteiger partial charge in [-0.25, -0.2) is 0 Å². The molecule has 0 aliphatic heterocycles. The predicted molar refractivity (Wildman–Crippen MR) is 56.6 cm³/mol. The first kappa shape index (κ1) is 9.28. The van der Waals surface area contributed by atoms with Crippen LogP contribution in [0.15, 0.2) is 37.0 Å². The lowest BCUT2D eigenvalue weighted by molar-refractivity contribution is 0.282. The molecule has 0 atom stereocenters. The third-order valence-corrected chi connectivity index (χ3v) is 2.82. The van der Waals surface area contributed by atoms with Crippen LogP contribution in [0, 0.1) is 0 Å². The van der Waals surface area contributed by atoms with Crippen LogP contribution < -0.4 is 5.32 Å². The maximum atomic E-state index is 8.92. The van der Waals surface area contributed by atoms with Crippen LogP contribution in [0.5, 0.6) is 0 Å². The second-order valence-electron chi connectivity index (χ2n) is 3.79. The molecule has 1 saturated carbocycles. The number of hydrogen-bond acceptors (Lipinski definition) is 2.